The van der Waals surface area contributed by atoms with E-state index in [0.717, 1.165) is 22.4 Å². The summed E-state index contributed by atoms with van der Waals surface area (Å²) in [6.45, 7) is 1.69. The molecule has 0 heterocycles. The van der Waals surface area contributed by atoms with Crippen LogP contribution in [0.4, 0.5) is 15.8 Å². The highest BCUT2D eigenvalue weighted by molar-refractivity contribution is 6.06. The molecular weight excluding hydrogens is 463 g/mol. The van der Waals surface area contributed by atoms with Gasteiger partial charge < -0.3 is 9.80 Å². The van der Waals surface area contributed by atoms with Crippen molar-refractivity contribution in [3.8, 4) is 11.1 Å². The zero-order chi connectivity index (χ0) is 26.4. The molecule has 0 aliphatic carbocycles. The molecule has 186 valence electrons. The molecule has 4 nitrogen and oxygen atoms in total. The number of amides is 1. The largest absolute Gasteiger partial charge is 0.378 e. The summed E-state index contributed by atoms with van der Waals surface area (Å²) in [5.41, 5.74) is 5.63. The van der Waals surface area contributed by atoms with Gasteiger partial charge in [0.05, 0.1) is 6.54 Å². The van der Waals surface area contributed by atoms with E-state index in [2.05, 4.69) is 29.2 Å². The predicted octanol–water partition coefficient (Wildman–Crippen LogP) is 7.01. The van der Waals surface area contributed by atoms with Crippen molar-refractivity contribution in [2.45, 2.75) is 13.5 Å². The average molecular weight is 493 g/mol. The monoisotopic (exact) mass is 492 g/mol. The van der Waals surface area contributed by atoms with Crippen molar-refractivity contribution in [1.82, 2.24) is 0 Å². The molecule has 4 aromatic carbocycles. The molecule has 0 N–H and O–H groups in total. The van der Waals surface area contributed by atoms with E-state index in [1.807, 2.05) is 44.4 Å². The average Bonchev–Trinajstić information content (AvgIpc) is 2.91. The molecule has 1 amide bonds. The minimum atomic E-state index is -0.483. The lowest BCUT2D eigenvalue weighted by molar-refractivity contribution is -0.112. The van der Waals surface area contributed by atoms with Gasteiger partial charge in [0.2, 0.25) is 0 Å². The van der Waals surface area contributed by atoms with E-state index < -0.39 is 5.82 Å². The number of halogens is 1. The maximum absolute atomic E-state index is 14.6. The Kier molecular flexibility index (Phi) is 7.94. The van der Waals surface area contributed by atoms with E-state index in [1.54, 1.807) is 41.3 Å². The molecule has 0 bridgehead atoms. The molecule has 4 aromatic rings. The molecule has 0 radical (unpaired) electrons. The van der Waals surface area contributed by atoms with Crippen LogP contribution in [-0.2, 0) is 11.3 Å². The summed E-state index contributed by atoms with van der Waals surface area (Å²) in [6.07, 6.45) is 2.93. The summed E-state index contributed by atoms with van der Waals surface area (Å²) in [5.74, 6) is -0.862. The molecular formula is C32H29FN2O2. The van der Waals surface area contributed by atoms with Gasteiger partial charge in [0.1, 0.15) is 5.82 Å². The number of hydrogen-bond acceptors (Lipinski definition) is 3. The second-order valence-corrected chi connectivity index (χ2v) is 9.08. The quantitative estimate of drug-likeness (QED) is 0.249. The second-order valence-electron chi connectivity index (χ2n) is 9.08. The molecule has 5 heteroatoms. The summed E-state index contributed by atoms with van der Waals surface area (Å²) < 4.78 is 14.6. The summed E-state index contributed by atoms with van der Waals surface area (Å²) >= 11 is 0. The van der Waals surface area contributed by atoms with Crippen molar-refractivity contribution in [2.75, 3.05) is 23.9 Å². The molecule has 0 aliphatic heterocycles. The standard InChI is InChI=1S/C32H29FN2O2/c1-23(36)9-10-25-19-29(33)21-31(20-25)35(32(37)28-7-5-4-6-8-28)22-24-11-13-26(14-12-24)27-15-17-30(18-16-27)34(2)3/h4-21H,22H2,1-3H3/b10-9+. The topological polar surface area (TPSA) is 40.6 Å². The van der Waals surface area contributed by atoms with Crippen LogP contribution < -0.4 is 9.80 Å². The van der Waals surface area contributed by atoms with Gasteiger partial charge in [-0.3, -0.25) is 9.59 Å². The van der Waals surface area contributed by atoms with Crippen molar-refractivity contribution in [1.29, 1.82) is 0 Å². The first-order chi connectivity index (χ1) is 17.8. The minimum Gasteiger partial charge on any atom is -0.378 e. The number of carbonyl (C=O) groups is 2. The highest BCUT2D eigenvalue weighted by Crippen LogP contribution is 2.26. The van der Waals surface area contributed by atoms with Crippen LogP contribution in [0.3, 0.4) is 0 Å². The number of ketones is 1. The van der Waals surface area contributed by atoms with E-state index >= 15 is 0 Å². The Morgan fingerprint density at radius 2 is 1.41 bits per heavy atom. The summed E-state index contributed by atoms with van der Waals surface area (Å²) in [5, 5.41) is 0. The van der Waals surface area contributed by atoms with Crippen LogP contribution in [0.15, 0.2) is 103 Å². The third kappa shape index (κ3) is 6.58. The van der Waals surface area contributed by atoms with Crippen LogP contribution >= 0.6 is 0 Å². The molecule has 0 aliphatic rings. The third-order valence-electron chi connectivity index (χ3n) is 6.00. The number of rotatable bonds is 8. The van der Waals surface area contributed by atoms with Crippen molar-refractivity contribution in [2.24, 2.45) is 0 Å². The smallest absolute Gasteiger partial charge is 0.258 e. The normalized spacial score (nSPS) is 10.9. The molecule has 0 aromatic heterocycles. The summed E-state index contributed by atoms with van der Waals surface area (Å²) in [4.78, 5) is 28.5. The summed E-state index contributed by atoms with van der Waals surface area (Å²) in [7, 11) is 4.01. The molecule has 0 unspecified atom stereocenters. The fourth-order valence-corrected chi connectivity index (χ4v) is 4.02. The van der Waals surface area contributed by atoms with Crippen LogP contribution in [-0.4, -0.2) is 25.8 Å². The van der Waals surface area contributed by atoms with E-state index in [-0.39, 0.29) is 18.2 Å². The van der Waals surface area contributed by atoms with E-state index in [0.29, 0.717) is 16.8 Å². The lowest BCUT2D eigenvalue weighted by Gasteiger charge is -2.24. The highest BCUT2D eigenvalue weighted by atomic mass is 19.1. The Bertz CT molecular complexity index is 1410. The number of hydrogen-bond donors (Lipinski definition) is 0. The van der Waals surface area contributed by atoms with Gasteiger partial charge in [-0.05, 0) is 77.7 Å². The maximum atomic E-state index is 14.6. The van der Waals surface area contributed by atoms with E-state index in [9.17, 15) is 14.0 Å². The van der Waals surface area contributed by atoms with Gasteiger partial charge in [0, 0.05) is 31.0 Å². The Morgan fingerprint density at radius 1 is 0.784 bits per heavy atom. The molecule has 0 saturated carbocycles. The Morgan fingerprint density at radius 3 is 2.00 bits per heavy atom. The molecule has 0 atom stereocenters. The number of carbonyl (C=O) groups excluding carboxylic acids is 2. The van der Waals surface area contributed by atoms with E-state index in [1.165, 1.54) is 25.1 Å². The molecule has 4 rings (SSSR count). The van der Waals surface area contributed by atoms with Crippen LogP contribution in [0.1, 0.15) is 28.4 Å². The number of allylic oxidation sites excluding steroid dienone is 1. The van der Waals surface area contributed by atoms with Crippen LogP contribution in [0.5, 0.6) is 0 Å². The first-order valence-corrected chi connectivity index (χ1v) is 12.0. The van der Waals surface area contributed by atoms with Crippen LogP contribution in [0, 0.1) is 5.82 Å². The zero-order valence-electron chi connectivity index (χ0n) is 21.2. The van der Waals surface area contributed by atoms with Gasteiger partial charge in [-0.15, -0.1) is 0 Å². The first-order valence-electron chi connectivity index (χ1n) is 12.0. The molecule has 0 spiro atoms. The SMILES string of the molecule is CC(=O)/C=C/c1cc(F)cc(N(Cc2ccc(-c3ccc(N(C)C)cc3)cc2)C(=O)c2ccccc2)c1. The van der Waals surface area contributed by atoms with Gasteiger partial charge in [-0.25, -0.2) is 4.39 Å². The highest BCUT2D eigenvalue weighted by Gasteiger charge is 2.19. The first kappa shape index (κ1) is 25.6. The summed E-state index contributed by atoms with van der Waals surface area (Å²) in [6, 6.07) is 29.6. The van der Waals surface area contributed by atoms with Crippen molar-refractivity contribution < 1.29 is 14.0 Å². The number of nitrogens with zero attached hydrogens (tertiary/aromatic N) is 2. The second kappa shape index (κ2) is 11.5. The Labute approximate surface area is 217 Å². The Hall–Kier alpha value is -4.51. The van der Waals surface area contributed by atoms with Crippen molar-refractivity contribution >= 4 is 29.1 Å². The number of anilines is 2. The minimum absolute atomic E-state index is 0.139. The third-order valence-corrected chi connectivity index (χ3v) is 6.00. The van der Waals surface area contributed by atoms with Crippen molar-refractivity contribution in [3.63, 3.8) is 0 Å². The van der Waals surface area contributed by atoms with Gasteiger partial charge in [-0.2, -0.15) is 0 Å². The Balaban J connectivity index is 1.66. The fourth-order valence-electron chi connectivity index (χ4n) is 4.02. The van der Waals surface area contributed by atoms with Crippen LogP contribution in [0.25, 0.3) is 17.2 Å². The molecule has 0 saturated heterocycles. The fraction of sp³-hybridized carbons (Fsp3) is 0.125. The van der Waals surface area contributed by atoms with Gasteiger partial charge >= 0.3 is 0 Å². The van der Waals surface area contributed by atoms with Crippen LogP contribution in [0.2, 0.25) is 0 Å². The zero-order valence-corrected chi connectivity index (χ0v) is 21.2. The van der Waals surface area contributed by atoms with Gasteiger partial charge in [0.25, 0.3) is 5.91 Å². The van der Waals surface area contributed by atoms with Gasteiger partial charge in [-0.1, -0.05) is 60.7 Å². The lowest BCUT2D eigenvalue weighted by atomic mass is 10.0. The maximum Gasteiger partial charge on any atom is 0.258 e. The molecule has 0 fully saturated rings. The molecule has 37 heavy (non-hydrogen) atoms. The van der Waals surface area contributed by atoms with Gasteiger partial charge in [0.15, 0.2) is 5.78 Å². The predicted molar refractivity (Wildman–Crippen MR) is 149 cm³/mol. The van der Waals surface area contributed by atoms with E-state index in [4.69, 9.17) is 0 Å². The van der Waals surface area contributed by atoms with Crippen molar-refractivity contribution in [3.05, 3.63) is 126 Å². The number of benzene rings is 4. The lowest BCUT2D eigenvalue weighted by Crippen LogP contribution is -2.30.